The molecule has 0 aliphatic heterocycles. The molecule has 1 aromatic carbocycles. The molecule has 1 heterocycles. The molecule has 0 amide bonds. The minimum atomic E-state index is -0.276. The van der Waals surface area contributed by atoms with Crippen LogP contribution in [0.3, 0.4) is 0 Å². The average Bonchev–Trinajstić information content (AvgIpc) is 2.65. The molecule has 0 radical (unpaired) electrons. The summed E-state index contributed by atoms with van der Waals surface area (Å²) < 4.78 is 19.4. The zero-order chi connectivity index (χ0) is 11.7. The second kappa shape index (κ2) is 4.16. The molecule has 16 heavy (non-hydrogen) atoms. The van der Waals surface area contributed by atoms with Crippen LogP contribution in [0.4, 0.5) is 4.39 Å². The molecular weight excluding hydrogens is 205 g/mol. The first-order valence-corrected chi connectivity index (χ1v) is 5.58. The van der Waals surface area contributed by atoms with Gasteiger partial charge in [0.15, 0.2) is 11.6 Å². The van der Waals surface area contributed by atoms with Crippen LogP contribution >= 0.6 is 0 Å². The Morgan fingerprint density at radius 2 is 2.12 bits per heavy atom. The van der Waals surface area contributed by atoms with Crippen LogP contribution in [0.1, 0.15) is 26.5 Å². The van der Waals surface area contributed by atoms with E-state index in [4.69, 9.17) is 4.74 Å². The Balaban J connectivity index is 2.50. The van der Waals surface area contributed by atoms with E-state index in [1.807, 2.05) is 32.9 Å². The maximum Gasteiger partial charge on any atom is 0.174 e. The Bertz CT molecular complexity index is 502. The fraction of sp³-hybridized carbons (Fsp3) is 0.385. The third-order valence-electron chi connectivity index (χ3n) is 2.50. The van der Waals surface area contributed by atoms with Crippen molar-refractivity contribution in [2.45, 2.75) is 33.3 Å². The molecule has 0 fully saturated rings. The van der Waals surface area contributed by atoms with Crippen molar-refractivity contribution in [2.24, 2.45) is 0 Å². The lowest BCUT2D eigenvalue weighted by atomic mass is 10.2. The number of aromatic nitrogens is 1. The van der Waals surface area contributed by atoms with Gasteiger partial charge in [0.05, 0.1) is 6.10 Å². The highest BCUT2D eigenvalue weighted by atomic mass is 19.1. The fourth-order valence-corrected chi connectivity index (χ4v) is 1.74. The van der Waals surface area contributed by atoms with Crippen LogP contribution in [0, 0.1) is 5.82 Å². The second-order valence-corrected chi connectivity index (χ2v) is 4.15. The first-order chi connectivity index (χ1) is 7.61. The number of nitrogens with one attached hydrogen (secondary N) is 1. The van der Waals surface area contributed by atoms with Gasteiger partial charge in [0, 0.05) is 16.6 Å². The Morgan fingerprint density at radius 3 is 2.75 bits per heavy atom. The molecule has 0 atom stereocenters. The Morgan fingerprint density at radius 1 is 1.38 bits per heavy atom. The quantitative estimate of drug-likeness (QED) is 0.840. The van der Waals surface area contributed by atoms with E-state index in [9.17, 15) is 4.39 Å². The van der Waals surface area contributed by atoms with Gasteiger partial charge in [-0.3, -0.25) is 0 Å². The van der Waals surface area contributed by atoms with Gasteiger partial charge >= 0.3 is 0 Å². The summed E-state index contributed by atoms with van der Waals surface area (Å²) in [4.78, 5) is 3.17. The van der Waals surface area contributed by atoms with Crippen LogP contribution in [0.25, 0.3) is 10.9 Å². The van der Waals surface area contributed by atoms with E-state index < -0.39 is 0 Å². The summed E-state index contributed by atoms with van der Waals surface area (Å²) >= 11 is 0. The molecule has 1 aromatic heterocycles. The lowest BCUT2D eigenvalue weighted by Gasteiger charge is -2.10. The van der Waals surface area contributed by atoms with Crippen LogP contribution in [0.2, 0.25) is 0 Å². The molecule has 0 saturated heterocycles. The first-order valence-electron chi connectivity index (χ1n) is 5.58. The fourth-order valence-electron chi connectivity index (χ4n) is 1.74. The highest BCUT2D eigenvalue weighted by molar-refractivity contribution is 5.82. The Labute approximate surface area is 94.4 Å². The normalized spacial score (nSPS) is 11.3. The standard InChI is InChI=1S/C13H16FNO/c1-4-9-7-10-11(15-9)5-6-12(13(10)14)16-8(2)3/h5-8,15H,4H2,1-3H3. The van der Waals surface area contributed by atoms with Crippen molar-refractivity contribution in [2.75, 3.05) is 0 Å². The molecule has 0 bridgehead atoms. The van der Waals surface area contributed by atoms with E-state index >= 15 is 0 Å². The number of hydrogen-bond donors (Lipinski definition) is 1. The van der Waals surface area contributed by atoms with Crippen LogP contribution in [0.15, 0.2) is 18.2 Å². The van der Waals surface area contributed by atoms with E-state index in [0.29, 0.717) is 11.1 Å². The summed E-state index contributed by atoms with van der Waals surface area (Å²) in [6.45, 7) is 5.81. The van der Waals surface area contributed by atoms with Crippen molar-refractivity contribution in [3.8, 4) is 5.75 Å². The molecule has 0 aliphatic rings. The van der Waals surface area contributed by atoms with Gasteiger partial charge < -0.3 is 9.72 Å². The third-order valence-corrected chi connectivity index (χ3v) is 2.50. The molecule has 0 unspecified atom stereocenters. The smallest absolute Gasteiger partial charge is 0.174 e. The van der Waals surface area contributed by atoms with Gasteiger partial charge in [-0.1, -0.05) is 6.92 Å². The van der Waals surface area contributed by atoms with Crippen LogP contribution in [0.5, 0.6) is 5.75 Å². The van der Waals surface area contributed by atoms with Gasteiger partial charge in [-0.25, -0.2) is 4.39 Å². The first kappa shape index (κ1) is 11.0. The number of rotatable bonds is 3. The predicted octanol–water partition coefficient (Wildman–Crippen LogP) is 3.66. The molecule has 2 nitrogen and oxygen atoms in total. The van der Waals surface area contributed by atoms with E-state index in [1.54, 1.807) is 6.07 Å². The van der Waals surface area contributed by atoms with Gasteiger partial charge in [0.25, 0.3) is 0 Å². The van der Waals surface area contributed by atoms with E-state index in [0.717, 1.165) is 17.6 Å². The molecule has 2 rings (SSSR count). The van der Waals surface area contributed by atoms with Gasteiger partial charge in [0.1, 0.15) is 0 Å². The van der Waals surface area contributed by atoms with Crippen molar-refractivity contribution < 1.29 is 9.13 Å². The minimum Gasteiger partial charge on any atom is -0.488 e. The highest BCUT2D eigenvalue weighted by Gasteiger charge is 2.11. The number of hydrogen-bond acceptors (Lipinski definition) is 1. The van der Waals surface area contributed by atoms with Gasteiger partial charge in [-0.2, -0.15) is 0 Å². The molecule has 86 valence electrons. The Hall–Kier alpha value is -1.51. The van der Waals surface area contributed by atoms with Gasteiger partial charge in [0.2, 0.25) is 0 Å². The molecule has 0 spiro atoms. The number of fused-ring (bicyclic) bond motifs is 1. The molecule has 1 N–H and O–H groups in total. The van der Waals surface area contributed by atoms with Gasteiger partial charge in [-0.05, 0) is 38.5 Å². The molecule has 0 aliphatic carbocycles. The zero-order valence-corrected chi connectivity index (χ0v) is 9.80. The average molecular weight is 221 g/mol. The molecule has 0 saturated carbocycles. The monoisotopic (exact) mass is 221 g/mol. The SMILES string of the molecule is CCc1cc2c(F)c(OC(C)C)ccc2[nH]1. The summed E-state index contributed by atoms with van der Waals surface area (Å²) in [5.74, 6) is 0.0475. The van der Waals surface area contributed by atoms with Crippen molar-refractivity contribution in [1.29, 1.82) is 0 Å². The molecule has 3 heteroatoms. The largest absolute Gasteiger partial charge is 0.488 e. The minimum absolute atomic E-state index is 0.0171. The lowest BCUT2D eigenvalue weighted by molar-refractivity contribution is 0.232. The van der Waals surface area contributed by atoms with Crippen LogP contribution in [-0.2, 0) is 6.42 Å². The van der Waals surface area contributed by atoms with Crippen LogP contribution in [-0.4, -0.2) is 11.1 Å². The number of halogens is 1. The topological polar surface area (TPSA) is 25.0 Å². The summed E-state index contributed by atoms with van der Waals surface area (Å²) in [7, 11) is 0. The summed E-state index contributed by atoms with van der Waals surface area (Å²) in [5, 5.41) is 0.606. The van der Waals surface area contributed by atoms with Crippen molar-refractivity contribution in [3.05, 3.63) is 29.7 Å². The third kappa shape index (κ3) is 1.90. The van der Waals surface area contributed by atoms with Crippen LogP contribution < -0.4 is 4.74 Å². The van der Waals surface area contributed by atoms with Crippen molar-refractivity contribution in [1.82, 2.24) is 4.98 Å². The van der Waals surface area contributed by atoms with Crippen molar-refractivity contribution in [3.63, 3.8) is 0 Å². The maximum absolute atomic E-state index is 14.0. The summed E-state index contributed by atoms with van der Waals surface area (Å²) in [5.41, 5.74) is 1.86. The Kier molecular flexibility index (Phi) is 2.86. The number of ether oxygens (including phenoxy) is 1. The lowest BCUT2D eigenvalue weighted by Crippen LogP contribution is -2.06. The summed E-state index contributed by atoms with van der Waals surface area (Å²) in [6.07, 6.45) is 0.852. The summed E-state index contributed by atoms with van der Waals surface area (Å²) in [6, 6.07) is 5.38. The zero-order valence-electron chi connectivity index (χ0n) is 9.80. The second-order valence-electron chi connectivity index (χ2n) is 4.15. The predicted molar refractivity (Wildman–Crippen MR) is 63.4 cm³/mol. The van der Waals surface area contributed by atoms with Gasteiger partial charge in [-0.15, -0.1) is 0 Å². The maximum atomic E-state index is 14.0. The van der Waals surface area contributed by atoms with E-state index in [-0.39, 0.29) is 11.9 Å². The molecular formula is C13H16FNO. The number of aryl methyl sites for hydroxylation is 1. The van der Waals surface area contributed by atoms with Crippen molar-refractivity contribution >= 4 is 10.9 Å². The molecule has 2 aromatic rings. The number of aromatic amines is 1. The van der Waals surface area contributed by atoms with E-state index in [1.165, 1.54) is 0 Å². The number of H-pyrrole nitrogens is 1. The van der Waals surface area contributed by atoms with E-state index in [2.05, 4.69) is 4.98 Å². The highest BCUT2D eigenvalue weighted by Crippen LogP contribution is 2.27. The number of benzene rings is 1.